The number of amides is 3. The first-order chi connectivity index (χ1) is 15.2. The lowest BCUT2D eigenvalue weighted by atomic mass is 10.1. The number of hydrogen-bond donors (Lipinski definition) is 4. The van der Waals surface area contributed by atoms with Crippen molar-refractivity contribution in [3.63, 3.8) is 0 Å². The van der Waals surface area contributed by atoms with Crippen LogP contribution in [0, 0.1) is 18.8 Å². The highest BCUT2D eigenvalue weighted by atomic mass is 32.3. The average molecular weight is 449 g/mol. The molecule has 164 valence electrons. The molecule has 0 saturated carbocycles. The molecular weight excluding hydrogens is 424 g/mol. The molecular formula is C24H24N4O3S. The summed E-state index contributed by atoms with van der Waals surface area (Å²) in [6.45, 7) is 1.95. The Morgan fingerprint density at radius 1 is 0.938 bits per heavy atom. The molecule has 2 aromatic carbocycles. The van der Waals surface area contributed by atoms with Crippen LogP contribution in [0.4, 0.5) is 16.2 Å². The first kappa shape index (κ1) is 22.9. The molecule has 0 unspecified atom stereocenters. The van der Waals surface area contributed by atoms with Gasteiger partial charge in [0.25, 0.3) is 5.91 Å². The van der Waals surface area contributed by atoms with Crippen LogP contribution in [0.2, 0.25) is 0 Å². The van der Waals surface area contributed by atoms with E-state index in [-0.39, 0.29) is 11.6 Å². The molecule has 0 atom stereocenters. The minimum Gasteiger partial charge on any atom is -0.345 e. The zero-order chi connectivity index (χ0) is 23.1. The molecule has 8 heteroatoms. The van der Waals surface area contributed by atoms with Gasteiger partial charge in [-0.1, -0.05) is 30.0 Å². The number of urea groups is 1. The number of carbonyl (C=O) groups excluding carboxylic acids is 2. The number of anilines is 2. The molecule has 7 nitrogen and oxygen atoms in total. The molecule has 1 heterocycles. The summed E-state index contributed by atoms with van der Waals surface area (Å²) in [6.07, 6.45) is 6.00. The smallest absolute Gasteiger partial charge is 0.323 e. The van der Waals surface area contributed by atoms with E-state index in [9.17, 15) is 14.1 Å². The van der Waals surface area contributed by atoms with Gasteiger partial charge in [0.1, 0.15) is 0 Å². The molecule has 0 aliphatic rings. The molecule has 32 heavy (non-hydrogen) atoms. The fourth-order valence-electron chi connectivity index (χ4n) is 2.74. The third-order valence-electron chi connectivity index (χ3n) is 4.07. The number of aryl methyl sites for hydroxylation is 1. The second kappa shape index (κ2) is 10.0. The van der Waals surface area contributed by atoms with Gasteiger partial charge in [-0.3, -0.25) is 9.78 Å². The molecule has 3 amide bonds. The van der Waals surface area contributed by atoms with Gasteiger partial charge >= 0.3 is 6.03 Å². The van der Waals surface area contributed by atoms with Gasteiger partial charge in [-0.05, 0) is 61.4 Å². The predicted octanol–water partition coefficient (Wildman–Crippen LogP) is 4.38. The Labute approximate surface area is 188 Å². The van der Waals surface area contributed by atoms with Crippen molar-refractivity contribution < 1.29 is 14.1 Å². The summed E-state index contributed by atoms with van der Waals surface area (Å²) in [5.74, 6) is 5.44. The van der Waals surface area contributed by atoms with Crippen LogP contribution in [-0.2, 0) is 10.1 Å². The van der Waals surface area contributed by atoms with Crippen molar-refractivity contribution in [3.8, 4) is 11.8 Å². The van der Waals surface area contributed by atoms with Gasteiger partial charge < -0.3 is 15.2 Å². The van der Waals surface area contributed by atoms with Gasteiger partial charge in [-0.25, -0.2) is 4.79 Å². The number of thiol groups is 1. The van der Waals surface area contributed by atoms with Crippen LogP contribution in [0.25, 0.3) is 0 Å². The second-order valence-corrected chi connectivity index (χ2v) is 10.4. The summed E-state index contributed by atoms with van der Waals surface area (Å²) in [5.41, 5.74) is 3.84. The molecule has 0 fully saturated rings. The van der Waals surface area contributed by atoms with E-state index in [2.05, 4.69) is 31.8 Å². The zero-order valence-corrected chi connectivity index (χ0v) is 18.9. The van der Waals surface area contributed by atoms with E-state index >= 15 is 0 Å². The second-order valence-electron chi connectivity index (χ2n) is 7.48. The maximum absolute atomic E-state index is 12.3. The van der Waals surface area contributed by atoms with Crippen molar-refractivity contribution in [2.45, 2.75) is 6.92 Å². The van der Waals surface area contributed by atoms with E-state index in [4.69, 9.17) is 0 Å². The average Bonchev–Trinajstić information content (AvgIpc) is 2.71. The Hall–Kier alpha value is -3.80. The van der Waals surface area contributed by atoms with E-state index in [1.165, 1.54) is 18.7 Å². The number of nitrogens with zero attached hydrogens (tertiary/aromatic N) is 2. The van der Waals surface area contributed by atoms with E-state index in [0.29, 0.717) is 22.5 Å². The van der Waals surface area contributed by atoms with E-state index in [1.807, 2.05) is 37.3 Å². The molecule has 1 aromatic heterocycles. The molecule has 3 rings (SSSR count). The lowest BCUT2D eigenvalue weighted by Gasteiger charge is -2.09. The standard InChI is InChI=1S/C24H24N4O3S/c1-17-6-4-8-21(12-17)26-24(30)27-22-9-5-7-18(14-22)10-11-19-13-20(16-25-15-19)23(29)28-32(2,3)31/h4-9,12-16,32H,1-3H3,(H2,26,27,30)(H,28,29,31). The predicted molar refractivity (Wildman–Crippen MR) is 130 cm³/mol. The number of hydrogen-bond acceptors (Lipinski definition) is 3. The summed E-state index contributed by atoms with van der Waals surface area (Å²) in [5, 5.41) is 5.58. The number of rotatable bonds is 3. The van der Waals surface area contributed by atoms with Crippen molar-refractivity contribution in [1.29, 1.82) is 0 Å². The first-order valence-corrected chi connectivity index (χ1v) is 12.3. The Morgan fingerprint density at radius 2 is 1.59 bits per heavy atom. The van der Waals surface area contributed by atoms with Crippen LogP contribution in [0.3, 0.4) is 0 Å². The molecule has 0 saturated heterocycles. The van der Waals surface area contributed by atoms with Crippen LogP contribution in [0.5, 0.6) is 0 Å². The van der Waals surface area contributed by atoms with Crippen molar-refractivity contribution in [2.75, 3.05) is 23.1 Å². The Bertz CT molecular complexity index is 1280. The van der Waals surface area contributed by atoms with Crippen LogP contribution in [0.15, 0.2) is 71.4 Å². The maximum atomic E-state index is 12.3. The fourth-order valence-corrected chi connectivity index (χ4v) is 3.30. The van der Waals surface area contributed by atoms with Crippen LogP contribution in [-0.4, -0.2) is 34.0 Å². The molecule has 3 aromatic rings. The molecule has 0 aliphatic carbocycles. The van der Waals surface area contributed by atoms with Crippen LogP contribution < -0.4 is 10.6 Å². The summed E-state index contributed by atoms with van der Waals surface area (Å²) in [6, 6.07) is 15.9. The molecule has 0 bridgehead atoms. The van der Waals surface area contributed by atoms with Gasteiger partial charge in [-0.2, -0.15) is 4.36 Å². The van der Waals surface area contributed by atoms with Crippen molar-refractivity contribution in [3.05, 3.63) is 89.2 Å². The quantitative estimate of drug-likeness (QED) is 0.353. The van der Waals surface area contributed by atoms with Gasteiger partial charge in [-0.15, -0.1) is 10.1 Å². The molecule has 0 aliphatic heterocycles. The van der Waals surface area contributed by atoms with Gasteiger partial charge in [0, 0.05) is 34.9 Å². The van der Waals surface area contributed by atoms with Crippen molar-refractivity contribution in [1.82, 2.24) is 4.98 Å². The van der Waals surface area contributed by atoms with Crippen LogP contribution >= 0.6 is 0 Å². The highest BCUT2D eigenvalue weighted by Crippen LogP contribution is 2.13. The Kier molecular flexibility index (Phi) is 7.15. The minimum atomic E-state index is -2.59. The van der Waals surface area contributed by atoms with Crippen molar-refractivity contribution in [2.24, 2.45) is 4.36 Å². The molecule has 0 radical (unpaired) electrons. The lowest BCUT2D eigenvalue weighted by molar-refractivity contribution is 0.100. The Balaban J connectivity index is 1.71. The number of aromatic nitrogens is 1. The van der Waals surface area contributed by atoms with Gasteiger partial charge in [0.05, 0.1) is 5.56 Å². The van der Waals surface area contributed by atoms with Gasteiger partial charge in [0.15, 0.2) is 0 Å². The third kappa shape index (κ3) is 7.16. The zero-order valence-electron chi connectivity index (χ0n) is 18.0. The summed E-state index contributed by atoms with van der Waals surface area (Å²) >= 11 is 0. The van der Waals surface area contributed by atoms with E-state index in [1.54, 1.807) is 30.5 Å². The number of benzene rings is 2. The monoisotopic (exact) mass is 448 g/mol. The van der Waals surface area contributed by atoms with Crippen LogP contribution in [0.1, 0.15) is 27.0 Å². The highest BCUT2D eigenvalue weighted by Gasteiger charge is 2.07. The highest BCUT2D eigenvalue weighted by molar-refractivity contribution is 7.98. The van der Waals surface area contributed by atoms with E-state index in [0.717, 1.165) is 5.56 Å². The molecule has 0 spiro atoms. The SMILES string of the molecule is Cc1cccc(NC(=O)Nc2cccc(C#Cc3cncc(C(=O)N=[SH](C)(C)O)c3)c2)c1. The van der Waals surface area contributed by atoms with E-state index < -0.39 is 16.0 Å². The fraction of sp³-hybridized carbons (Fsp3) is 0.125. The normalized spacial score (nSPS) is 11.0. The Morgan fingerprint density at radius 3 is 2.28 bits per heavy atom. The lowest BCUT2D eigenvalue weighted by Crippen LogP contribution is -2.19. The van der Waals surface area contributed by atoms with Crippen molar-refractivity contribution >= 4 is 33.4 Å². The number of pyridine rings is 1. The topological polar surface area (TPSA) is 104 Å². The van der Waals surface area contributed by atoms with Gasteiger partial charge in [0.2, 0.25) is 0 Å². The maximum Gasteiger partial charge on any atom is 0.323 e. The summed E-state index contributed by atoms with van der Waals surface area (Å²) in [7, 11) is -2.59. The number of carbonyl (C=O) groups is 2. The minimum absolute atomic E-state index is 0.266. The largest absolute Gasteiger partial charge is 0.345 e. The first-order valence-electron chi connectivity index (χ1n) is 9.74. The molecule has 3 N–H and O–H groups in total. The number of nitrogens with one attached hydrogen (secondary N) is 2. The summed E-state index contributed by atoms with van der Waals surface area (Å²) < 4.78 is 13.6. The summed E-state index contributed by atoms with van der Waals surface area (Å²) in [4.78, 5) is 28.4. The third-order valence-corrected chi connectivity index (χ3v) is 4.74.